The van der Waals surface area contributed by atoms with Crippen molar-refractivity contribution in [1.29, 1.82) is 0 Å². The van der Waals surface area contributed by atoms with Crippen LogP contribution < -0.4 is 4.74 Å². The molecule has 0 saturated heterocycles. The largest absolute Gasteiger partial charge is 0.487 e. The Morgan fingerprint density at radius 3 is 3.00 bits per heavy atom. The number of ether oxygens (including phenoxy) is 1. The molecule has 1 aromatic carbocycles. The Kier molecular flexibility index (Phi) is 4.89. The molecule has 3 nitrogen and oxygen atoms in total. The summed E-state index contributed by atoms with van der Waals surface area (Å²) < 4.78 is 6.45. The normalized spacial score (nSPS) is 12.7. The summed E-state index contributed by atoms with van der Waals surface area (Å²) in [5.74, 6) is 0.759. The quantitative estimate of drug-likeness (QED) is 0.634. The number of halogens is 3. The van der Waals surface area contributed by atoms with Gasteiger partial charge >= 0.3 is 0 Å². The molecule has 0 bridgehead atoms. The van der Waals surface area contributed by atoms with Crippen LogP contribution in [0.5, 0.6) is 5.75 Å². The zero-order chi connectivity index (χ0) is 13.1. The maximum absolute atomic E-state index is 9.43. The molecule has 0 aliphatic rings. The number of rotatable bonds is 4. The number of alkyl halides is 1. The summed E-state index contributed by atoms with van der Waals surface area (Å²) in [5, 5.41) is 10.9. The molecule has 1 aromatic heterocycles. The first kappa shape index (κ1) is 14.1. The fourth-order valence-corrected chi connectivity index (χ4v) is 2.77. The van der Waals surface area contributed by atoms with Crippen molar-refractivity contribution >= 4 is 56.7 Å². The van der Waals surface area contributed by atoms with E-state index in [4.69, 9.17) is 27.9 Å². The molecular formula is C12H10Cl2INO2. The van der Waals surface area contributed by atoms with E-state index < -0.39 is 6.10 Å². The fraction of sp³-hybridized carbons (Fsp3) is 0.250. The van der Waals surface area contributed by atoms with Gasteiger partial charge in [0, 0.05) is 11.6 Å². The number of aliphatic hydroxyl groups excluding tert-OH is 1. The van der Waals surface area contributed by atoms with E-state index in [0.717, 1.165) is 8.96 Å². The van der Waals surface area contributed by atoms with Crippen molar-refractivity contribution in [2.24, 2.45) is 0 Å². The lowest BCUT2D eigenvalue weighted by atomic mass is 10.2. The highest BCUT2D eigenvalue weighted by Crippen LogP contribution is 2.34. The first-order valence-electron chi connectivity index (χ1n) is 5.23. The Hall–Kier alpha value is -0.300. The highest BCUT2D eigenvalue weighted by molar-refractivity contribution is 14.1. The van der Waals surface area contributed by atoms with Crippen molar-refractivity contribution < 1.29 is 9.84 Å². The van der Waals surface area contributed by atoms with E-state index >= 15 is 0 Å². The molecule has 0 radical (unpaired) electrons. The topological polar surface area (TPSA) is 42.4 Å². The van der Waals surface area contributed by atoms with Crippen LogP contribution >= 0.6 is 45.8 Å². The van der Waals surface area contributed by atoms with Gasteiger partial charge < -0.3 is 9.84 Å². The van der Waals surface area contributed by atoms with E-state index in [2.05, 4.69) is 27.6 Å². The van der Waals surface area contributed by atoms with Gasteiger partial charge in [-0.1, -0.05) is 11.6 Å². The summed E-state index contributed by atoms with van der Waals surface area (Å²) in [5.41, 5.74) is 0.691. The van der Waals surface area contributed by atoms with Crippen LogP contribution in [0.3, 0.4) is 0 Å². The second kappa shape index (κ2) is 6.23. The average Bonchev–Trinajstić information content (AvgIpc) is 2.38. The summed E-state index contributed by atoms with van der Waals surface area (Å²) in [7, 11) is 0. The van der Waals surface area contributed by atoms with Gasteiger partial charge in [0.15, 0.2) is 5.75 Å². The molecule has 0 saturated carbocycles. The third-order valence-corrected chi connectivity index (χ3v) is 3.82. The Bertz CT molecular complexity index is 565. The summed E-state index contributed by atoms with van der Waals surface area (Å²) in [4.78, 5) is 4.28. The molecule has 6 heteroatoms. The zero-order valence-electron chi connectivity index (χ0n) is 9.24. The molecule has 1 N–H and O–H groups in total. The van der Waals surface area contributed by atoms with Crippen LogP contribution in [0.1, 0.15) is 0 Å². The molecule has 2 aromatic rings. The van der Waals surface area contributed by atoms with Gasteiger partial charge in [0.25, 0.3) is 0 Å². The molecule has 18 heavy (non-hydrogen) atoms. The number of hydrogen-bond donors (Lipinski definition) is 1. The molecule has 0 amide bonds. The van der Waals surface area contributed by atoms with Gasteiger partial charge in [-0.15, -0.1) is 11.6 Å². The smallest absolute Gasteiger partial charge is 0.159 e. The monoisotopic (exact) mass is 397 g/mol. The zero-order valence-corrected chi connectivity index (χ0v) is 12.9. The Labute approximate surface area is 128 Å². The van der Waals surface area contributed by atoms with Crippen LogP contribution in [-0.2, 0) is 0 Å². The molecule has 0 fully saturated rings. The van der Waals surface area contributed by atoms with E-state index in [0.29, 0.717) is 16.3 Å². The van der Waals surface area contributed by atoms with E-state index in [1.807, 2.05) is 18.2 Å². The first-order valence-corrected chi connectivity index (χ1v) is 7.22. The second-order valence-electron chi connectivity index (χ2n) is 3.69. The van der Waals surface area contributed by atoms with E-state index in [-0.39, 0.29) is 12.5 Å². The van der Waals surface area contributed by atoms with Crippen LogP contribution in [-0.4, -0.2) is 28.7 Å². The number of benzene rings is 1. The lowest BCUT2D eigenvalue weighted by Gasteiger charge is -2.13. The summed E-state index contributed by atoms with van der Waals surface area (Å²) >= 11 is 13.8. The van der Waals surface area contributed by atoms with Crippen LogP contribution in [0.4, 0.5) is 0 Å². The highest BCUT2D eigenvalue weighted by atomic mass is 127. The molecule has 0 spiro atoms. The van der Waals surface area contributed by atoms with Crippen molar-refractivity contribution in [2.75, 3.05) is 12.5 Å². The fourth-order valence-electron chi connectivity index (χ4n) is 1.51. The molecule has 0 aliphatic carbocycles. The number of aliphatic hydroxyl groups is 1. The predicted molar refractivity (Wildman–Crippen MR) is 81.7 cm³/mol. The van der Waals surface area contributed by atoms with Crippen LogP contribution in [0, 0.1) is 3.57 Å². The first-order chi connectivity index (χ1) is 8.63. The lowest BCUT2D eigenvalue weighted by molar-refractivity contribution is 0.125. The number of hydrogen-bond acceptors (Lipinski definition) is 3. The number of fused-ring (bicyclic) bond motifs is 1. The van der Waals surface area contributed by atoms with Crippen molar-refractivity contribution in [3.05, 3.63) is 33.0 Å². The summed E-state index contributed by atoms with van der Waals surface area (Å²) in [6, 6.07) is 5.51. The van der Waals surface area contributed by atoms with Crippen molar-refractivity contribution in [2.45, 2.75) is 6.10 Å². The van der Waals surface area contributed by atoms with Gasteiger partial charge in [-0.05, 0) is 40.8 Å². The van der Waals surface area contributed by atoms with E-state index in [1.54, 1.807) is 6.20 Å². The number of aromatic nitrogens is 1. The summed E-state index contributed by atoms with van der Waals surface area (Å²) in [6.07, 6.45) is 0.983. The predicted octanol–water partition coefficient (Wildman–Crippen LogP) is 3.47. The molecule has 2 rings (SSSR count). The Balaban J connectivity index is 2.43. The van der Waals surface area contributed by atoms with E-state index in [9.17, 15) is 5.11 Å². The maximum Gasteiger partial charge on any atom is 0.159 e. The van der Waals surface area contributed by atoms with Gasteiger partial charge in [0.1, 0.15) is 18.2 Å². The Morgan fingerprint density at radius 2 is 2.28 bits per heavy atom. The average molecular weight is 398 g/mol. The molecule has 96 valence electrons. The number of nitrogens with zero attached hydrogens (tertiary/aromatic N) is 1. The van der Waals surface area contributed by atoms with Gasteiger partial charge in [0.05, 0.1) is 14.5 Å². The van der Waals surface area contributed by atoms with Crippen molar-refractivity contribution in [1.82, 2.24) is 4.98 Å². The van der Waals surface area contributed by atoms with Crippen molar-refractivity contribution in [3.8, 4) is 5.75 Å². The Morgan fingerprint density at radius 1 is 1.50 bits per heavy atom. The minimum absolute atomic E-state index is 0.132. The lowest BCUT2D eigenvalue weighted by Crippen LogP contribution is -2.19. The SMILES string of the molecule is OC(CCl)COc1c(I)cc(Cl)c2cccnc12. The van der Waals surface area contributed by atoms with E-state index in [1.165, 1.54) is 0 Å². The minimum atomic E-state index is -0.697. The van der Waals surface area contributed by atoms with Crippen LogP contribution in [0.15, 0.2) is 24.4 Å². The molecule has 1 heterocycles. The van der Waals surface area contributed by atoms with Gasteiger partial charge in [0.2, 0.25) is 0 Å². The maximum atomic E-state index is 9.43. The van der Waals surface area contributed by atoms with Crippen LogP contribution in [0.25, 0.3) is 10.9 Å². The minimum Gasteiger partial charge on any atom is -0.487 e. The van der Waals surface area contributed by atoms with Crippen LogP contribution in [0.2, 0.25) is 5.02 Å². The molecule has 1 unspecified atom stereocenters. The third-order valence-electron chi connectivity index (χ3n) is 2.35. The standard InChI is InChI=1S/C12H10Cl2INO2/c13-5-7(17)6-18-12-10(15)4-9(14)8-2-1-3-16-11(8)12/h1-4,7,17H,5-6H2. The van der Waals surface area contributed by atoms with Gasteiger partial charge in [-0.2, -0.15) is 0 Å². The highest BCUT2D eigenvalue weighted by Gasteiger charge is 2.13. The number of pyridine rings is 1. The van der Waals surface area contributed by atoms with Crippen molar-refractivity contribution in [3.63, 3.8) is 0 Å². The van der Waals surface area contributed by atoms with Gasteiger partial charge in [-0.25, -0.2) is 0 Å². The van der Waals surface area contributed by atoms with Gasteiger partial charge in [-0.3, -0.25) is 4.98 Å². The second-order valence-corrected chi connectivity index (χ2v) is 5.57. The molecule has 1 atom stereocenters. The molecular weight excluding hydrogens is 388 g/mol. The third kappa shape index (κ3) is 2.99. The summed E-state index contributed by atoms with van der Waals surface area (Å²) in [6.45, 7) is 0.132. The molecule has 0 aliphatic heterocycles.